The maximum Gasteiger partial charge on any atom is 0.228 e. The fourth-order valence-corrected chi connectivity index (χ4v) is 4.24. The normalized spacial score (nSPS) is 20.0. The van der Waals surface area contributed by atoms with Crippen molar-refractivity contribution in [1.29, 1.82) is 0 Å². The second-order valence-corrected chi connectivity index (χ2v) is 8.00. The summed E-state index contributed by atoms with van der Waals surface area (Å²) in [6.07, 6.45) is 6.94. The number of aromatic nitrogens is 6. The molecule has 0 unspecified atom stereocenters. The van der Waals surface area contributed by atoms with Gasteiger partial charge in [0.2, 0.25) is 5.91 Å². The molecule has 4 heterocycles. The van der Waals surface area contributed by atoms with Crippen LogP contribution >= 0.6 is 12.4 Å². The number of piperidine rings is 2. The summed E-state index contributed by atoms with van der Waals surface area (Å²) in [5.41, 5.74) is -0.201. The first kappa shape index (κ1) is 20.7. The lowest BCUT2D eigenvalue weighted by molar-refractivity contribution is -0.143. The first-order valence-electron chi connectivity index (χ1n) is 9.77. The average Bonchev–Trinajstić information content (AvgIpc) is 3.33. The summed E-state index contributed by atoms with van der Waals surface area (Å²) >= 11 is 0. The van der Waals surface area contributed by atoms with Gasteiger partial charge in [-0.25, -0.2) is 9.67 Å². The number of hydrogen-bond acceptors (Lipinski definition) is 6. The molecule has 2 saturated heterocycles. The van der Waals surface area contributed by atoms with E-state index in [9.17, 15) is 4.79 Å². The Kier molecular flexibility index (Phi) is 6.34. The van der Waals surface area contributed by atoms with Crippen LogP contribution in [0.1, 0.15) is 50.2 Å². The molecule has 9 nitrogen and oxygen atoms in total. The van der Waals surface area contributed by atoms with E-state index in [2.05, 4.69) is 42.0 Å². The molecular formula is C18H29ClN8O. The number of carbonyl (C=O) groups excluding carboxylic acids is 1. The van der Waals surface area contributed by atoms with Crippen molar-refractivity contribution in [2.24, 2.45) is 12.5 Å². The fourth-order valence-electron chi connectivity index (χ4n) is 4.24. The Bertz CT molecular complexity index is 776. The summed E-state index contributed by atoms with van der Waals surface area (Å²) in [4.78, 5) is 19.0. The van der Waals surface area contributed by atoms with Gasteiger partial charge in [-0.2, -0.15) is 5.10 Å². The van der Waals surface area contributed by atoms with Crippen molar-refractivity contribution in [2.75, 3.05) is 26.2 Å². The van der Waals surface area contributed by atoms with Crippen LogP contribution in [0, 0.1) is 5.41 Å². The van der Waals surface area contributed by atoms with Gasteiger partial charge in [0.05, 0.1) is 0 Å². The molecule has 0 spiro atoms. The molecule has 0 bridgehead atoms. The van der Waals surface area contributed by atoms with Gasteiger partial charge in [0.15, 0.2) is 5.82 Å². The number of nitrogens with one attached hydrogen (secondary N) is 1. The Morgan fingerprint density at radius 2 is 1.96 bits per heavy atom. The molecule has 2 aromatic heterocycles. The number of hydrogen-bond donors (Lipinski definition) is 1. The number of amides is 1. The van der Waals surface area contributed by atoms with Gasteiger partial charge in [-0.3, -0.25) is 4.79 Å². The van der Waals surface area contributed by atoms with Crippen molar-refractivity contribution in [2.45, 2.75) is 45.1 Å². The van der Waals surface area contributed by atoms with E-state index in [-0.39, 0.29) is 17.8 Å². The minimum Gasteiger partial charge on any atom is -0.342 e. The molecule has 2 aliphatic heterocycles. The maximum atomic E-state index is 13.0. The highest BCUT2D eigenvalue weighted by atomic mass is 35.5. The molecule has 4 rings (SSSR count). The van der Waals surface area contributed by atoms with Crippen LogP contribution in [0.3, 0.4) is 0 Å². The fraction of sp³-hybridized carbons (Fsp3) is 0.722. The van der Waals surface area contributed by atoms with E-state index >= 15 is 0 Å². The van der Waals surface area contributed by atoms with Crippen molar-refractivity contribution in [1.82, 2.24) is 39.7 Å². The second kappa shape index (κ2) is 8.57. The molecule has 0 saturated carbocycles. The topological polar surface area (TPSA) is 93.8 Å². The third-order valence-corrected chi connectivity index (χ3v) is 6.14. The van der Waals surface area contributed by atoms with E-state index in [1.54, 1.807) is 11.0 Å². The molecule has 28 heavy (non-hydrogen) atoms. The lowest BCUT2D eigenvalue weighted by Crippen LogP contribution is -2.49. The minimum absolute atomic E-state index is 0. The molecule has 2 fully saturated rings. The molecule has 1 amide bonds. The van der Waals surface area contributed by atoms with E-state index < -0.39 is 0 Å². The molecule has 2 aliphatic rings. The first-order valence-corrected chi connectivity index (χ1v) is 9.77. The first-order chi connectivity index (χ1) is 13.1. The second-order valence-electron chi connectivity index (χ2n) is 8.00. The minimum atomic E-state index is -0.201. The number of nitrogens with zero attached hydrogens (tertiary/aromatic N) is 7. The van der Waals surface area contributed by atoms with Gasteiger partial charge in [-0.15, -0.1) is 22.6 Å². The van der Waals surface area contributed by atoms with E-state index in [0.717, 1.165) is 63.5 Å². The molecule has 0 aromatic carbocycles. The van der Waals surface area contributed by atoms with Crippen LogP contribution in [-0.2, 0) is 18.4 Å². The van der Waals surface area contributed by atoms with Gasteiger partial charge in [0, 0.05) is 31.5 Å². The lowest BCUT2D eigenvalue weighted by atomic mass is 9.79. The van der Waals surface area contributed by atoms with Gasteiger partial charge in [0.25, 0.3) is 0 Å². The smallest absolute Gasteiger partial charge is 0.228 e. The molecule has 10 heteroatoms. The molecule has 0 radical (unpaired) electrons. The van der Waals surface area contributed by atoms with E-state index in [1.165, 1.54) is 6.33 Å². The highest BCUT2D eigenvalue weighted by Gasteiger charge is 2.39. The summed E-state index contributed by atoms with van der Waals surface area (Å²) in [6, 6.07) is 0. The van der Waals surface area contributed by atoms with Gasteiger partial charge in [0.1, 0.15) is 25.0 Å². The molecule has 0 aliphatic carbocycles. The van der Waals surface area contributed by atoms with E-state index in [0.29, 0.717) is 18.4 Å². The van der Waals surface area contributed by atoms with Gasteiger partial charge >= 0.3 is 0 Å². The molecular weight excluding hydrogens is 380 g/mol. The SMILES string of the molecule is Cl.Cn1c(Cn2cncn2)nnc1C1CCN(C(=O)C2(C)CCNCC2)CC1. The number of likely N-dealkylation sites (tertiary alicyclic amines) is 1. The third-order valence-electron chi connectivity index (χ3n) is 6.14. The van der Waals surface area contributed by atoms with Crippen LogP contribution in [0.2, 0.25) is 0 Å². The standard InChI is InChI=1S/C18H28N8O.ClH/c1-18(5-7-19-8-6-18)17(27)25-9-3-14(4-10-25)16-23-22-15(24(16)2)11-26-13-20-12-21-26;/h12-14,19H,3-11H2,1-2H3;1H. The van der Waals surface area contributed by atoms with Crippen LogP contribution in [-0.4, -0.2) is 66.5 Å². The number of rotatable bonds is 4. The van der Waals surface area contributed by atoms with Crippen molar-refractivity contribution in [3.63, 3.8) is 0 Å². The van der Waals surface area contributed by atoms with Crippen molar-refractivity contribution in [3.8, 4) is 0 Å². The highest BCUT2D eigenvalue weighted by molar-refractivity contribution is 5.85. The predicted molar refractivity (Wildman–Crippen MR) is 106 cm³/mol. The summed E-state index contributed by atoms with van der Waals surface area (Å²) in [5.74, 6) is 2.55. The van der Waals surface area contributed by atoms with Gasteiger partial charge < -0.3 is 14.8 Å². The van der Waals surface area contributed by atoms with Crippen LogP contribution < -0.4 is 5.32 Å². The Hall–Kier alpha value is -2.00. The van der Waals surface area contributed by atoms with Crippen molar-refractivity contribution in [3.05, 3.63) is 24.3 Å². The molecule has 0 atom stereocenters. The Morgan fingerprint density at radius 3 is 2.61 bits per heavy atom. The molecule has 1 N–H and O–H groups in total. The largest absolute Gasteiger partial charge is 0.342 e. The lowest BCUT2D eigenvalue weighted by Gasteiger charge is -2.40. The highest BCUT2D eigenvalue weighted by Crippen LogP contribution is 2.34. The monoisotopic (exact) mass is 408 g/mol. The summed E-state index contributed by atoms with van der Waals surface area (Å²) in [7, 11) is 2.01. The van der Waals surface area contributed by atoms with Crippen LogP contribution in [0.25, 0.3) is 0 Å². The number of halogens is 1. The van der Waals surface area contributed by atoms with E-state index in [1.807, 2.05) is 7.05 Å². The van der Waals surface area contributed by atoms with Gasteiger partial charge in [-0.05, 0) is 38.8 Å². The zero-order chi connectivity index (χ0) is 18.9. The van der Waals surface area contributed by atoms with Crippen LogP contribution in [0.15, 0.2) is 12.7 Å². The third kappa shape index (κ3) is 4.05. The summed E-state index contributed by atoms with van der Waals surface area (Å²) in [6.45, 7) is 6.17. The zero-order valence-corrected chi connectivity index (χ0v) is 17.4. The van der Waals surface area contributed by atoms with Crippen LogP contribution in [0.5, 0.6) is 0 Å². The van der Waals surface area contributed by atoms with Crippen molar-refractivity contribution >= 4 is 18.3 Å². The van der Waals surface area contributed by atoms with Gasteiger partial charge in [-0.1, -0.05) is 6.92 Å². The molecule has 154 valence electrons. The summed E-state index contributed by atoms with van der Waals surface area (Å²) in [5, 5.41) is 16.3. The Balaban J connectivity index is 0.00000225. The Labute approximate surface area is 171 Å². The Morgan fingerprint density at radius 1 is 1.25 bits per heavy atom. The molecule has 2 aromatic rings. The predicted octanol–water partition coefficient (Wildman–Crippen LogP) is 0.972. The zero-order valence-electron chi connectivity index (χ0n) is 16.5. The van der Waals surface area contributed by atoms with Crippen LogP contribution in [0.4, 0.5) is 0 Å². The average molecular weight is 409 g/mol. The summed E-state index contributed by atoms with van der Waals surface area (Å²) < 4.78 is 3.81. The number of carbonyl (C=O) groups is 1. The van der Waals surface area contributed by atoms with Crippen molar-refractivity contribution < 1.29 is 4.79 Å². The maximum absolute atomic E-state index is 13.0. The van der Waals surface area contributed by atoms with E-state index in [4.69, 9.17) is 0 Å². The quantitative estimate of drug-likeness (QED) is 0.810.